The van der Waals surface area contributed by atoms with Gasteiger partial charge < -0.3 is 20.1 Å². The first kappa shape index (κ1) is 27.7. The molecule has 4 atom stereocenters. The number of carbonyl (C=O) groups is 2. The molecule has 0 radical (unpaired) electrons. The third kappa shape index (κ3) is 5.05. The molecule has 0 spiro atoms. The van der Waals surface area contributed by atoms with E-state index in [9.17, 15) is 32.7 Å². The number of ether oxygens (including phenoxy) is 1. The molecule has 3 aromatic rings. The summed E-state index contributed by atoms with van der Waals surface area (Å²) in [5, 5.41) is 13.1. The van der Waals surface area contributed by atoms with Crippen LogP contribution in [0.1, 0.15) is 34.6 Å². The van der Waals surface area contributed by atoms with Crippen molar-refractivity contribution < 1.29 is 32.6 Å². The first-order valence-corrected chi connectivity index (χ1v) is 12.8. The molecule has 2 fully saturated rings. The fraction of sp³-hybridized carbons (Fsp3) is 0.423. The van der Waals surface area contributed by atoms with Gasteiger partial charge in [0.2, 0.25) is 5.95 Å². The Labute approximate surface area is 230 Å². The van der Waals surface area contributed by atoms with Gasteiger partial charge in [0.05, 0.1) is 29.2 Å². The summed E-state index contributed by atoms with van der Waals surface area (Å²) in [7, 11) is 1.61. The number of rotatable bonds is 7. The van der Waals surface area contributed by atoms with E-state index in [0.29, 0.717) is 35.5 Å². The number of aromatic carboxylic acids is 1. The zero-order valence-corrected chi connectivity index (χ0v) is 22.4. The lowest BCUT2D eigenvalue weighted by molar-refractivity contribution is -0.200. The Balaban J connectivity index is 1.41. The van der Waals surface area contributed by atoms with E-state index in [-0.39, 0.29) is 46.5 Å². The fourth-order valence-corrected chi connectivity index (χ4v) is 5.64. The van der Waals surface area contributed by atoms with Crippen molar-refractivity contribution in [3.05, 3.63) is 56.6 Å². The number of fused-ring (bicyclic) bond motifs is 2. The molecule has 1 saturated heterocycles. The molecular weight excluding hydrogens is 555 g/mol. The standard InChI is InChI=1S/C26H25ClF3N5O5/c1-11-6-13(12(2)31-18-4-5-19(27)32-21(18)23(37)38)20-14(7-11)22(36)34(3)25(33-20)35-8-15-16(9-35)17(15)10-40-24(39)26(28,29)30/h4-7,12,15-17,31H,8-10H2,1-3H3,(H,37,38)/t12?,15-,16+,17?. The Kier molecular flexibility index (Phi) is 6.89. The summed E-state index contributed by atoms with van der Waals surface area (Å²) >= 11 is 5.88. The molecule has 2 aliphatic rings. The molecule has 3 heterocycles. The number of piperidine rings is 1. The van der Waals surface area contributed by atoms with Crippen molar-refractivity contribution in [1.29, 1.82) is 0 Å². The maximum Gasteiger partial charge on any atom is 0.490 e. The average Bonchev–Trinajstić information content (AvgIpc) is 3.32. The quantitative estimate of drug-likeness (QED) is 0.316. The minimum Gasteiger partial charge on any atom is -0.476 e. The van der Waals surface area contributed by atoms with Gasteiger partial charge in [0.1, 0.15) is 5.15 Å². The van der Waals surface area contributed by atoms with Crippen LogP contribution in [0.4, 0.5) is 24.8 Å². The highest BCUT2D eigenvalue weighted by Crippen LogP contribution is 2.52. The summed E-state index contributed by atoms with van der Waals surface area (Å²) in [4.78, 5) is 46.8. The summed E-state index contributed by atoms with van der Waals surface area (Å²) < 4.78 is 43.2. The van der Waals surface area contributed by atoms with Crippen LogP contribution >= 0.6 is 11.6 Å². The summed E-state index contributed by atoms with van der Waals surface area (Å²) in [5.74, 6) is -3.15. The topological polar surface area (TPSA) is 127 Å². The first-order chi connectivity index (χ1) is 18.8. The van der Waals surface area contributed by atoms with Gasteiger partial charge in [0.15, 0.2) is 5.69 Å². The summed E-state index contributed by atoms with van der Waals surface area (Å²) in [6.45, 7) is 4.27. The molecule has 0 bridgehead atoms. The van der Waals surface area contributed by atoms with Crippen LogP contribution in [0.25, 0.3) is 10.9 Å². The Bertz CT molecular complexity index is 1580. The summed E-state index contributed by atoms with van der Waals surface area (Å²) in [6, 6.07) is 6.12. The van der Waals surface area contributed by atoms with Gasteiger partial charge >= 0.3 is 18.1 Å². The maximum absolute atomic E-state index is 13.4. The zero-order chi connectivity index (χ0) is 29.1. The van der Waals surface area contributed by atoms with Gasteiger partial charge in [-0.2, -0.15) is 13.2 Å². The Morgan fingerprint density at radius 1 is 1.23 bits per heavy atom. The van der Waals surface area contributed by atoms with Crippen LogP contribution in [0.5, 0.6) is 0 Å². The van der Waals surface area contributed by atoms with E-state index in [1.165, 1.54) is 16.7 Å². The second kappa shape index (κ2) is 9.95. The van der Waals surface area contributed by atoms with Gasteiger partial charge in [-0.15, -0.1) is 0 Å². The number of aromatic nitrogens is 3. The van der Waals surface area contributed by atoms with Crippen LogP contribution in [-0.4, -0.2) is 57.5 Å². The lowest BCUT2D eigenvalue weighted by Gasteiger charge is -2.25. The van der Waals surface area contributed by atoms with Crippen molar-refractivity contribution in [3.8, 4) is 0 Å². The molecule has 40 heavy (non-hydrogen) atoms. The summed E-state index contributed by atoms with van der Waals surface area (Å²) in [5.41, 5.74) is 1.66. The molecule has 2 N–H and O–H groups in total. The van der Waals surface area contributed by atoms with Gasteiger partial charge in [0.25, 0.3) is 5.56 Å². The van der Waals surface area contributed by atoms with Crippen LogP contribution in [-0.2, 0) is 16.6 Å². The number of halogens is 4. The average molecular weight is 580 g/mol. The second-order valence-corrected chi connectivity index (χ2v) is 10.6. The van der Waals surface area contributed by atoms with Crippen LogP contribution in [0, 0.1) is 24.7 Å². The number of benzene rings is 1. The van der Waals surface area contributed by atoms with E-state index in [4.69, 9.17) is 16.6 Å². The first-order valence-electron chi connectivity index (χ1n) is 12.4. The molecule has 10 nitrogen and oxygen atoms in total. The number of pyridine rings is 1. The van der Waals surface area contributed by atoms with Crippen LogP contribution in [0.3, 0.4) is 0 Å². The van der Waals surface area contributed by atoms with Crippen molar-refractivity contribution >= 4 is 46.1 Å². The Morgan fingerprint density at radius 2 is 1.90 bits per heavy atom. The normalized spacial score (nSPS) is 20.8. The largest absolute Gasteiger partial charge is 0.490 e. The highest BCUT2D eigenvalue weighted by molar-refractivity contribution is 6.29. The van der Waals surface area contributed by atoms with E-state index in [1.807, 2.05) is 24.8 Å². The number of hydrogen-bond donors (Lipinski definition) is 2. The predicted molar refractivity (Wildman–Crippen MR) is 140 cm³/mol. The molecule has 14 heteroatoms. The lowest BCUT2D eigenvalue weighted by Crippen LogP contribution is -2.33. The number of anilines is 2. The van der Waals surface area contributed by atoms with Crippen molar-refractivity contribution in [3.63, 3.8) is 0 Å². The molecule has 5 rings (SSSR count). The molecular formula is C26H25ClF3N5O5. The van der Waals surface area contributed by atoms with E-state index in [0.717, 1.165) is 5.56 Å². The third-order valence-corrected chi connectivity index (χ3v) is 7.74. The van der Waals surface area contributed by atoms with Gasteiger partial charge in [-0.25, -0.2) is 19.6 Å². The number of nitrogens with zero attached hydrogens (tertiary/aromatic N) is 4. The van der Waals surface area contributed by atoms with Gasteiger partial charge in [-0.05, 0) is 49.4 Å². The smallest absolute Gasteiger partial charge is 0.476 e. The monoisotopic (exact) mass is 579 g/mol. The van der Waals surface area contributed by atoms with E-state index >= 15 is 0 Å². The van der Waals surface area contributed by atoms with E-state index in [2.05, 4.69) is 15.0 Å². The molecule has 1 aliphatic heterocycles. The summed E-state index contributed by atoms with van der Waals surface area (Å²) in [6.07, 6.45) is -5.02. The second-order valence-electron chi connectivity index (χ2n) is 10.2. The number of aryl methyl sites for hydroxylation is 1. The molecule has 212 valence electrons. The minimum absolute atomic E-state index is 0.0264. The van der Waals surface area contributed by atoms with Crippen LogP contribution in [0.15, 0.2) is 29.1 Å². The van der Waals surface area contributed by atoms with Crippen molar-refractivity contribution in [1.82, 2.24) is 14.5 Å². The van der Waals surface area contributed by atoms with Gasteiger partial charge in [-0.3, -0.25) is 9.36 Å². The van der Waals surface area contributed by atoms with Crippen molar-refractivity contribution in [2.45, 2.75) is 26.1 Å². The van der Waals surface area contributed by atoms with Crippen LogP contribution < -0.4 is 15.8 Å². The van der Waals surface area contributed by atoms with E-state index in [1.54, 1.807) is 13.1 Å². The minimum atomic E-state index is -5.02. The number of nitrogens with one attached hydrogen (secondary N) is 1. The van der Waals surface area contributed by atoms with Gasteiger partial charge in [-0.1, -0.05) is 17.7 Å². The van der Waals surface area contributed by atoms with Crippen LogP contribution in [0.2, 0.25) is 5.15 Å². The maximum atomic E-state index is 13.4. The van der Waals surface area contributed by atoms with Crippen molar-refractivity contribution in [2.75, 3.05) is 29.9 Å². The molecule has 1 saturated carbocycles. The number of carboxylic acid groups (broad SMARTS) is 1. The Morgan fingerprint density at radius 3 is 2.52 bits per heavy atom. The SMILES string of the molecule is Cc1cc(C(C)Nc2ccc(Cl)nc2C(=O)O)c2nc(N3C[C@@H]4C(COC(=O)C(F)(F)F)[C@@H]4C3)n(C)c(=O)c2c1. The molecule has 1 aliphatic carbocycles. The number of esters is 1. The highest BCUT2D eigenvalue weighted by atomic mass is 35.5. The van der Waals surface area contributed by atoms with E-state index < -0.39 is 24.2 Å². The van der Waals surface area contributed by atoms with Crippen molar-refractivity contribution in [2.24, 2.45) is 24.8 Å². The molecule has 2 aromatic heterocycles. The number of hydrogen-bond acceptors (Lipinski definition) is 8. The number of carboxylic acids is 1. The third-order valence-electron chi connectivity index (χ3n) is 7.53. The number of alkyl halides is 3. The lowest BCUT2D eigenvalue weighted by atomic mass is 10.0. The molecule has 1 aromatic carbocycles. The molecule has 2 unspecified atom stereocenters. The number of carbonyl (C=O) groups excluding carboxylic acids is 1. The van der Waals surface area contributed by atoms with Gasteiger partial charge in [0, 0.05) is 31.6 Å². The highest BCUT2D eigenvalue weighted by Gasteiger charge is 2.57. The predicted octanol–water partition coefficient (Wildman–Crippen LogP) is 3.95. The zero-order valence-electron chi connectivity index (χ0n) is 21.6. The Hall–Kier alpha value is -3.87. The molecule has 0 amide bonds. The fourth-order valence-electron chi connectivity index (χ4n) is 5.49.